The summed E-state index contributed by atoms with van der Waals surface area (Å²) < 4.78 is 27.8. The molecule has 1 N–H and O–H groups in total. The fourth-order valence-electron chi connectivity index (χ4n) is 3.59. The van der Waals surface area contributed by atoms with Crippen molar-refractivity contribution >= 4 is 23.4 Å². The first-order valence-electron chi connectivity index (χ1n) is 10.7. The van der Waals surface area contributed by atoms with Gasteiger partial charge < -0.3 is 10.2 Å². The summed E-state index contributed by atoms with van der Waals surface area (Å²) in [5.41, 5.74) is 1.59. The van der Waals surface area contributed by atoms with Crippen LogP contribution < -0.4 is 5.32 Å². The third-order valence-electron chi connectivity index (χ3n) is 5.28. The van der Waals surface area contributed by atoms with E-state index in [0.717, 1.165) is 5.56 Å². The van der Waals surface area contributed by atoms with Crippen molar-refractivity contribution in [3.8, 4) is 0 Å². The zero-order valence-corrected chi connectivity index (χ0v) is 19.0. The molecule has 0 fully saturated rings. The van der Waals surface area contributed by atoms with Crippen molar-refractivity contribution in [2.75, 3.05) is 6.54 Å². The zero-order chi connectivity index (χ0) is 23.8. The number of amides is 2. The van der Waals surface area contributed by atoms with Crippen LogP contribution in [0.25, 0.3) is 0 Å². The van der Waals surface area contributed by atoms with Gasteiger partial charge in [0, 0.05) is 30.1 Å². The van der Waals surface area contributed by atoms with Crippen LogP contribution in [0.1, 0.15) is 23.6 Å². The molecule has 0 aromatic heterocycles. The lowest BCUT2D eigenvalue weighted by Gasteiger charge is -2.31. The molecule has 2 amide bonds. The SMILES string of the molecule is CCNC(=O)[C@@H](Cc1ccccc1)N(Cc1ccc(F)cc1)C(=O)Cc1c(F)cccc1Cl. The highest BCUT2D eigenvalue weighted by molar-refractivity contribution is 6.31. The molecule has 3 aromatic carbocycles. The fraction of sp³-hybridized carbons (Fsp3) is 0.231. The average Bonchev–Trinajstić information content (AvgIpc) is 2.80. The van der Waals surface area contributed by atoms with E-state index in [0.29, 0.717) is 12.1 Å². The van der Waals surface area contributed by atoms with Crippen LogP contribution in [0.2, 0.25) is 5.02 Å². The number of likely N-dealkylation sites (N-methyl/N-ethyl adjacent to an activating group) is 1. The molecule has 0 heterocycles. The molecule has 1 atom stereocenters. The van der Waals surface area contributed by atoms with Gasteiger partial charge in [0.15, 0.2) is 0 Å². The third kappa shape index (κ3) is 6.62. The molecular weight excluding hydrogens is 446 g/mol. The maximum atomic E-state index is 14.4. The van der Waals surface area contributed by atoms with Crippen molar-refractivity contribution in [1.29, 1.82) is 0 Å². The van der Waals surface area contributed by atoms with Gasteiger partial charge in [-0.1, -0.05) is 60.1 Å². The van der Waals surface area contributed by atoms with Gasteiger partial charge in [-0.05, 0) is 42.3 Å². The van der Waals surface area contributed by atoms with Crippen LogP contribution in [-0.4, -0.2) is 29.3 Å². The molecule has 4 nitrogen and oxygen atoms in total. The lowest BCUT2D eigenvalue weighted by molar-refractivity contribution is -0.140. The van der Waals surface area contributed by atoms with Gasteiger partial charge in [-0.15, -0.1) is 0 Å². The van der Waals surface area contributed by atoms with Crippen molar-refractivity contribution in [2.24, 2.45) is 0 Å². The van der Waals surface area contributed by atoms with Crippen LogP contribution in [0.15, 0.2) is 72.8 Å². The molecule has 0 bridgehead atoms. The second-order valence-corrected chi connectivity index (χ2v) is 8.03. The molecule has 3 aromatic rings. The van der Waals surface area contributed by atoms with Gasteiger partial charge in [0.05, 0.1) is 6.42 Å². The van der Waals surface area contributed by atoms with Gasteiger partial charge in [0.25, 0.3) is 0 Å². The smallest absolute Gasteiger partial charge is 0.243 e. The highest BCUT2D eigenvalue weighted by atomic mass is 35.5. The summed E-state index contributed by atoms with van der Waals surface area (Å²) in [7, 11) is 0. The van der Waals surface area contributed by atoms with Crippen LogP contribution in [0, 0.1) is 11.6 Å². The number of nitrogens with one attached hydrogen (secondary N) is 1. The molecule has 0 saturated heterocycles. The predicted octanol–water partition coefficient (Wildman–Crippen LogP) is 4.94. The van der Waals surface area contributed by atoms with Gasteiger partial charge in [-0.2, -0.15) is 0 Å². The van der Waals surface area contributed by atoms with E-state index in [1.165, 1.54) is 35.2 Å². The summed E-state index contributed by atoms with van der Waals surface area (Å²) in [5.74, 6) is -1.77. The first kappa shape index (κ1) is 24.4. The minimum absolute atomic E-state index is 0.0554. The van der Waals surface area contributed by atoms with E-state index >= 15 is 0 Å². The molecule has 3 rings (SSSR count). The van der Waals surface area contributed by atoms with Crippen LogP contribution in [0.4, 0.5) is 8.78 Å². The van der Waals surface area contributed by atoms with E-state index in [1.807, 2.05) is 30.3 Å². The minimum Gasteiger partial charge on any atom is -0.355 e. The molecule has 33 heavy (non-hydrogen) atoms. The summed E-state index contributed by atoms with van der Waals surface area (Å²) in [5, 5.41) is 2.93. The number of nitrogens with zero attached hydrogens (tertiary/aromatic N) is 1. The average molecular weight is 471 g/mol. The Labute approximate surface area is 197 Å². The topological polar surface area (TPSA) is 49.4 Å². The molecule has 0 saturated carbocycles. The van der Waals surface area contributed by atoms with Crippen LogP contribution in [0.5, 0.6) is 0 Å². The van der Waals surface area contributed by atoms with Crippen LogP contribution in [-0.2, 0) is 29.0 Å². The Morgan fingerprint density at radius 2 is 1.64 bits per heavy atom. The second kappa shape index (κ2) is 11.6. The summed E-state index contributed by atoms with van der Waals surface area (Å²) in [4.78, 5) is 27.9. The first-order chi connectivity index (χ1) is 15.9. The van der Waals surface area contributed by atoms with Crippen molar-refractivity contribution in [3.05, 3.63) is 106 Å². The zero-order valence-electron chi connectivity index (χ0n) is 18.2. The number of carbonyl (C=O) groups excluding carboxylic acids is 2. The van der Waals surface area contributed by atoms with Gasteiger partial charge in [-0.25, -0.2) is 8.78 Å². The van der Waals surface area contributed by atoms with Crippen molar-refractivity contribution in [3.63, 3.8) is 0 Å². The number of carbonyl (C=O) groups is 2. The van der Waals surface area contributed by atoms with E-state index < -0.39 is 23.6 Å². The monoisotopic (exact) mass is 470 g/mol. The molecule has 0 unspecified atom stereocenters. The third-order valence-corrected chi connectivity index (χ3v) is 5.63. The van der Waals surface area contributed by atoms with E-state index in [2.05, 4.69) is 5.32 Å². The highest BCUT2D eigenvalue weighted by Crippen LogP contribution is 2.22. The number of halogens is 3. The second-order valence-electron chi connectivity index (χ2n) is 7.63. The van der Waals surface area contributed by atoms with Crippen molar-refractivity contribution in [2.45, 2.75) is 32.4 Å². The molecule has 0 radical (unpaired) electrons. The van der Waals surface area contributed by atoms with Crippen molar-refractivity contribution < 1.29 is 18.4 Å². The number of hydrogen-bond acceptors (Lipinski definition) is 2. The van der Waals surface area contributed by atoms with E-state index in [-0.39, 0.29) is 35.9 Å². The minimum atomic E-state index is -0.851. The van der Waals surface area contributed by atoms with Gasteiger partial charge in [-0.3, -0.25) is 9.59 Å². The summed E-state index contributed by atoms with van der Waals surface area (Å²) in [6, 6.07) is 18.4. The molecular formula is C26H25ClF2N2O2. The Morgan fingerprint density at radius 1 is 0.939 bits per heavy atom. The number of hydrogen-bond donors (Lipinski definition) is 1. The number of rotatable bonds is 9. The summed E-state index contributed by atoms with van der Waals surface area (Å²) in [6.45, 7) is 2.24. The molecule has 0 aliphatic heterocycles. The van der Waals surface area contributed by atoms with Gasteiger partial charge in [0.1, 0.15) is 17.7 Å². The maximum absolute atomic E-state index is 14.4. The van der Waals surface area contributed by atoms with Crippen LogP contribution in [0.3, 0.4) is 0 Å². The Morgan fingerprint density at radius 3 is 2.27 bits per heavy atom. The Kier molecular flexibility index (Phi) is 8.55. The van der Waals surface area contributed by atoms with E-state index in [9.17, 15) is 18.4 Å². The quantitative estimate of drug-likeness (QED) is 0.481. The molecule has 0 aliphatic carbocycles. The highest BCUT2D eigenvalue weighted by Gasteiger charge is 2.31. The number of benzene rings is 3. The Hall–Kier alpha value is -3.25. The van der Waals surface area contributed by atoms with Gasteiger partial charge >= 0.3 is 0 Å². The van der Waals surface area contributed by atoms with Crippen molar-refractivity contribution in [1.82, 2.24) is 10.2 Å². The molecule has 172 valence electrons. The van der Waals surface area contributed by atoms with Crippen LogP contribution >= 0.6 is 11.6 Å². The predicted molar refractivity (Wildman–Crippen MR) is 125 cm³/mol. The normalized spacial score (nSPS) is 11.6. The molecule has 0 aliphatic rings. The molecule has 0 spiro atoms. The van der Waals surface area contributed by atoms with E-state index in [4.69, 9.17) is 11.6 Å². The van der Waals surface area contributed by atoms with E-state index in [1.54, 1.807) is 19.1 Å². The Bertz CT molecular complexity index is 1070. The summed E-state index contributed by atoms with van der Waals surface area (Å²) in [6.07, 6.45) is -0.0397. The maximum Gasteiger partial charge on any atom is 0.243 e. The first-order valence-corrected chi connectivity index (χ1v) is 11.0. The Balaban J connectivity index is 1.98. The summed E-state index contributed by atoms with van der Waals surface area (Å²) >= 11 is 6.15. The lowest BCUT2D eigenvalue weighted by atomic mass is 10.0. The molecule has 7 heteroatoms. The van der Waals surface area contributed by atoms with Gasteiger partial charge in [0.2, 0.25) is 11.8 Å². The standard InChI is InChI=1S/C26H25ClF2N2O2/c1-2-30-26(33)24(15-18-7-4-3-5-8-18)31(17-19-11-13-20(28)14-12-19)25(32)16-21-22(27)9-6-10-23(21)29/h3-14,24H,2,15-17H2,1H3,(H,30,33)/t24-/m1/s1. The lowest BCUT2D eigenvalue weighted by Crippen LogP contribution is -2.51. The fourth-order valence-corrected chi connectivity index (χ4v) is 3.82. The largest absolute Gasteiger partial charge is 0.355 e.